The Balaban J connectivity index is 1.71. The number of nitrogens with zero attached hydrogens (tertiary/aromatic N) is 1. The second kappa shape index (κ2) is 9.39. The summed E-state index contributed by atoms with van der Waals surface area (Å²) in [4.78, 5) is 17.0. The summed E-state index contributed by atoms with van der Waals surface area (Å²) in [6.07, 6.45) is 4.44. The zero-order valence-electron chi connectivity index (χ0n) is 18.0. The normalized spacial score (nSPS) is 23.7. The summed E-state index contributed by atoms with van der Waals surface area (Å²) >= 11 is 0. The average Bonchev–Trinajstić information content (AvgIpc) is 2.73. The number of rotatable bonds is 6. The third-order valence-electron chi connectivity index (χ3n) is 6.45. The van der Waals surface area contributed by atoms with Crippen molar-refractivity contribution in [2.24, 2.45) is 16.8 Å². The van der Waals surface area contributed by atoms with Gasteiger partial charge in [-0.1, -0.05) is 87.9 Å². The molecule has 0 aromatic heterocycles. The van der Waals surface area contributed by atoms with Crippen molar-refractivity contribution in [3.05, 3.63) is 71.8 Å². The van der Waals surface area contributed by atoms with Crippen molar-refractivity contribution in [2.75, 3.05) is 0 Å². The van der Waals surface area contributed by atoms with E-state index in [0.717, 1.165) is 18.4 Å². The highest BCUT2D eigenvalue weighted by Gasteiger charge is 2.41. The fraction of sp³-hybridized carbons (Fsp3) is 0.462. The molecule has 0 unspecified atom stereocenters. The van der Waals surface area contributed by atoms with Gasteiger partial charge in [0.25, 0.3) is 0 Å². The van der Waals surface area contributed by atoms with Crippen molar-refractivity contribution < 1.29 is 9.53 Å². The molecule has 0 aliphatic heterocycles. The third-order valence-corrected chi connectivity index (χ3v) is 6.45. The van der Waals surface area contributed by atoms with Gasteiger partial charge in [-0.05, 0) is 42.2 Å². The van der Waals surface area contributed by atoms with Crippen LogP contribution in [0.1, 0.15) is 64.1 Å². The van der Waals surface area contributed by atoms with E-state index in [1.54, 1.807) is 0 Å². The molecular formula is C26H33NO2. The lowest BCUT2D eigenvalue weighted by Crippen LogP contribution is -2.43. The molecule has 2 aromatic carbocycles. The molecule has 3 nitrogen and oxygen atoms in total. The van der Waals surface area contributed by atoms with Gasteiger partial charge in [-0.3, -0.25) is 4.99 Å². The molecule has 0 heterocycles. The SMILES string of the molecule is C[C@@H]1CC[C@@H](C(C)(C)c2ccccc2)[C@@H](OC(=O)C=N[C@@H](C)c2ccccc2)C1. The zero-order valence-corrected chi connectivity index (χ0v) is 18.0. The quantitative estimate of drug-likeness (QED) is 0.438. The molecule has 3 rings (SSSR count). The number of carbonyl (C=O) groups is 1. The molecule has 1 aliphatic carbocycles. The Hall–Kier alpha value is -2.42. The van der Waals surface area contributed by atoms with E-state index in [1.807, 2.05) is 43.3 Å². The van der Waals surface area contributed by atoms with Gasteiger partial charge in [0.15, 0.2) is 0 Å². The van der Waals surface area contributed by atoms with Gasteiger partial charge in [0, 0.05) is 5.92 Å². The minimum absolute atomic E-state index is 0.0547. The van der Waals surface area contributed by atoms with Crippen LogP contribution in [-0.4, -0.2) is 18.3 Å². The van der Waals surface area contributed by atoms with Crippen LogP contribution in [0.5, 0.6) is 0 Å². The van der Waals surface area contributed by atoms with Gasteiger partial charge in [-0.15, -0.1) is 0 Å². The van der Waals surface area contributed by atoms with E-state index < -0.39 is 0 Å². The maximum atomic E-state index is 12.6. The van der Waals surface area contributed by atoms with Crippen LogP contribution in [0.2, 0.25) is 0 Å². The first-order valence-corrected chi connectivity index (χ1v) is 10.7. The van der Waals surface area contributed by atoms with E-state index in [1.165, 1.54) is 18.2 Å². The lowest BCUT2D eigenvalue weighted by Gasteiger charge is -2.43. The number of carbonyl (C=O) groups excluding carboxylic acids is 1. The maximum Gasteiger partial charge on any atom is 0.349 e. The summed E-state index contributed by atoms with van der Waals surface area (Å²) in [5, 5.41) is 0. The lowest BCUT2D eigenvalue weighted by molar-refractivity contribution is -0.147. The fourth-order valence-corrected chi connectivity index (χ4v) is 4.54. The Bertz CT molecular complexity index is 813. The van der Waals surface area contributed by atoms with E-state index >= 15 is 0 Å². The van der Waals surface area contributed by atoms with Crippen LogP contribution < -0.4 is 0 Å². The summed E-state index contributed by atoms with van der Waals surface area (Å²) in [5.74, 6) is 0.529. The minimum atomic E-state index is -0.333. The topological polar surface area (TPSA) is 38.7 Å². The van der Waals surface area contributed by atoms with Crippen molar-refractivity contribution in [2.45, 2.75) is 64.5 Å². The predicted octanol–water partition coefficient (Wildman–Crippen LogP) is 6.14. The molecular weight excluding hydrogens is 358 g/mol. The molecule has 29 heavy (non-hydrogen) atoms. The summed E-state index contributed by atoms with van der Waals surface area (Å²) in [6.45, 7) is 8.78. The molecule has 154 valence electrons. The van der Waals surface area contributed by atoms with E-state index in [0.29, 0.717) is 11.8 Å². The van der Waals surface area contributed by atoms with E-state index in [-0.39, 0.29) is 23.5 Å². The molecule has 1 saturated carbocycles. The first-order valence-electron chi connectivity index (χ1n) is 10.7. The molecule has 4 atom stereocenters. The average molecular weight is 392 g/mol. The first kappa shape index (κ1) is 21.3. The highest BCUT2D eigenvalue weighted by molar-refractivity contribution is 6.23. The lowest BCUT2D eigenvalue weighted by atomic mass is 9.64. The van der Waals surface area contributed by atoms with Crippen molar-refractivity contribution in [3.63, 3.8) is 0 Å². The van der Waals surface area contributed by atoms with E-state index in [4.69, 9.17) is 4.74 Å². The van der Waals surface area contributed by atoms with Crippen LogP contribution in [0.3, 0.4) is 0 Å². The minimum Gasteiger partial charge on any atom is -0.458 e. The second-order valence-electron chi connectivity index (χ2n) is 8.95. The van der Waals surface area contributed by atoms with Crippen LogP contribution in [0.4, 0.5) is 0 Å². The van der Waals surface area contributed by atoms with Crippen molar-refractivity contribution in [3.8, 4) is 0 Å². The molecule has 1 fully saturated rings. The fourth-order valence-electron chi connectivity index (χ4n) is 4.54. The van der Waals surface area contributed by atoms with Crippen LogP contribution in [0, 0.1) is 11.8 Å². The van der Waals surface area contributed by atoms with E-state index in [9.17, 15) is 4.79 Å². The summed E-state index contributed by atoms with van der Waals surface area (Å²) < 4.78 is 5.98. The van der Waals surface area contributed by atoms with Crippen molar-refractivity contribution in [1.29, 1.82) is 0 Å². The van der Waals surface area contributed by atoms with Gasteiger partial charge >= 0.3 is 5.97 Å². The monoisotopic (exact) mass is 391 g/mol. The molecule has 2 aromatic rings. The third kappa shape index (κ3) is 5.35. The maximum absolute atomic E-state index is 12.6. The molecule has 0 saturated heterocycles. The standard InChI is InChI=1S/C26H33NO2/c1-19-15-16-23(26(3,4)22-13-9-6-10-14-22)24(17-19)29-25(28)18-27-20(2)21-11-7-5-8-12-21/h5-14,18-20,23-24H,15-17H2,1-4H3/t19-,20+,23-,24+/m1/s1. The van der Waals surface area contributed by atoms with Crippen molar-refractivity contribution >= 4 is 12.2 Å². The summed E-state index contributed by atoms with van der Waals surface area (Å²) in [7, 11) is 0. The van der Waals surface area contributed by atoms with Crippen LogP contribution in [0.15, 0.2) is 65.7 Å². The van der Waals surface area contributed by atoms with Gasteiger partial charge in [0.05, 0.1) is 6.04 Å². The largest absolute Gasteiger partial charge is 0.458 e. The highest BCUT2D eigenvalue weighted by atomic mass is 16.5. The number of hydrogen-bond donors (Lipinski definition) is 0. The Kier molecular flexibility index (Phi) is 6.89. The van der Waals surface area contributed by atoms with Crippen LogP contribution in [-0.2, 0) is 14.9 Å². The molecule has 0 radical (unpaired) electrons. The smallest absolute Gasteiger partial charge is 0.349 e. The van der Waals surface area contributed by atoms with Gasteiger partial charge in [0.2, 0.25) is 0 Å². The predicted molar refractivity (Wildman–Crippen MR) is 119 cm³/mol. The molecule has 1 aliphatic rings. The Morgan fingerprint density at radius 1 is 1.07 bits per heavy atom. The van der Waals surface area contributed by atoms with Crippen molar-refractivity contribution in [1.82, 2.24) is 0 Å². The Morgan fingerprint density at radius 3 is 2.34 bits per heavy atom. The molecule has 3 heteroatoms. The zero-order chi connectivity index (χ0) is 20.9. The number of hydrogen-bond acceptors (Lipinski definition) is 3. The molecule has 0 bridgehead atoms. The first-order chi connectivity index (χ1) is 13.9. The number of aliphatic imine (C=N–C) groups is 1. The van der Waals surface area contributed by atoms with Gasteiger partial charge in [-0.2, -0.15) is 0 Å². The van der Waals surface area contributed by atoms with Crippen LogP contribution in [0.25, 0.3) is 0 Å². The number of esters is 1. The molecule has 0 spiro atoms. The van der Waals surface area contributed by atoms with Gasteiger partial charge in [0.1, 0.15) is 12.3 Å². The number of benzene rings is 2. The molecule has 0 N–H and O–H groups in total. The summed E-state index contributed by atoms with van der Waals surface area (Å²) in [6, 6.07) is 20.5. The second-order valence-corrected chi connectivity index (χ2v) is 8.95. The molecule has 0 amide bonds. The summed E-state index contributed by atoms with van der Waals surface area (Å²) in [5.41, 5.74) is 2.33. The Morgan fingerprint density at radius 2 is 1.69 bits per heavy atom. The Labute approximate surface area is 175 Å². The number of ether oxygens (including phenoxy) is 1. The van der Waals surface area contributed by atoms with E-state index in [2.05, 4.69) is 50.0 Å². The van der Waals surface area contributed by atoms with Gasteiger partial charge < -0.3 is 4.74 Å². The van der Waals surface area contributed by atoms with Gasteiger partial charge in [-0.25, -0.2) is 4.79 Å². The van der Waals surface area contributed by atoms with Crippen LogP contribution >= 0.6 is 0 Å². The highest BCUT2D eigenvalue weighted by Crippen LogP contribution is 2.43.